The first kappa shape index (κ1) is 23.1. The van der Waals surface area contributed by atoms with Crippen LogP contribution < -0.4 is 0 Å². The molecule has 2 nitrogen and oxygen atoms in total. The van der Waals surface area contributed by atoms with E-state index in [0.29, 0.717) is 0 Å². The third kappa shape index (κ3) is 3.52. The molecule has 0 atom stereocenters. The monoisotopic (exact) mass is 535 g/mol. The molecule has 0 unspecified atom stereocenters. The van der Waals surface area contributed by atoms with Gasteiger partial charge in [-0.1, -0.05) is 109 Å². The number of para-hydroxylation sites is 2. The first-order valence-corrected chi connectivity index (χ1v) is 14.3. The number of furan rings is 1. The zero-order chi connectivity index (χ0) is 27.6. The van der Waals surface area contributed by atoms with Crippen LogP contribution in [0.4, 0.5) is 0 Å². The minimum atomic E-state index is 0.919. The molecule has 0 fully saturated rings. The Morgan fingerprint density at radius 1 is 0.405 bits per heavy atom. The molecule has 42 heavy (non-hydrogen) atoms. The third-order valence-corrected chi connectivity index (χ3v) is 8.60. The molecule has 2 heterocycles. The van der Waals surface area contributed by atoms with Crippen LogP contribution in [0.5, 0.6) is 0 Å². The highest BCUT2D eigenvalue weighted by Crippen LogP contribution is 2.38. The standard InChI is InChI=1S/C40H25NO/c1-2-13-31-25(8-1)18-20-36-39(31)34-16-7-15-32(40(34)41-36)30-12-6-11-28(23-30)26-9-5-10-27(22-26)29-19-21-38-35(24-29)33-14-3-4-17-37(33)42-38/h1-24,41H. The maximum absolute atomic E-state index is 6.06. The number of hydrogen-bond donors (Lipinski definition) is 1. The Kier molecular flexibility index (Phi) is 4.93. The molecule has 2 heteroatoms. The van der Waals surface area contributed by atoms with Gasteiger partial charge in [0.1, 0.15) is 11.2 Å². The topological polar surface area (TPSA) is 28.9 Å². The minimum Gasteiger partial charge on any atom is -0.456 e. The first-order valence-electron chi connectivity index (χ1n) is 14.3. The molecule has 0 aliphatic rings. The van der Waals surface area contributed by atoms with Crippen LogP contribution in [0.2, 0.25) is 0 Å². The van der Waals surface area contributed by atoms with Crippen molar-refractivity contribution in [3.8, 4) is 33.4 Å². The van der Waals surface area contributed by atoms with Gasteiger partial charge >= 0.3 is 0 Å². The molecular weight excluding hydrogens is 510 g/mol. The van der Waals surface area contributed by atoms with Gasteiger partial charge in [0.15, 0.2) is 0 Å². The summed E-state index contributed by atoms with van der Waals surface area (Å²) in [6.45, 7) is 0. The van der Waals surface area contributed by atoms with Gasteiger partial charge in [-0.25, -0.2) is 0 Å². The van der Waals surface area contributed by atoms with Crippen LogP contribution in [-0.2, 0) is 0 Å². The molecule has 7 aromatic carbocycles. The van der Waals surface area contributed by atoms with Crippen LogP contribution in [0.25, 0.3) is 87.9 Å². The zero-order valence-corrected chi connectivity index (χ0v) is 22.8. The first-order chi connectivity index (χ1) is 20.8. The average Bonchev–Trinajstić information content (AvgIpc) is 3.63. The molecule has 2 aromatic heterocycles. The summed E-state index contributed by atoms with van der Waals surface area (Å²) in [5, 5.41) is 7.39. The molecule has 0 aliphatic heterocycles. The van der Waals surface area contributed by atoms with Gasteiger partial charge in [0.05, 0.1) is 5.52 Å². The summed E-state index contributed by atoms with van der Waals surface area (Å²) in [6, 6.07) is 52.1. The number of fused-ring (bicyclic) bond motifs is 8. The Morgan fingerprint density at radius 2 is 1.05 bits per heavy atom. The van der Waals surface area contributed by atoms with Crippen LogP contribution in [0.3, 0.4) is 0 Å². The van der Waals surface area contributed by atoms with Gasteiger partial charge in [-0.05, 0) is 75.0 Å². The predicted octanol–water partition coefficient (Wildman–Crippen LogP) is 11.4. The number of aromatic nitrogens is 1. The van der Waals surface area contributed by atoms with Crippen LogP contribution in [-0.4, -0.2) is 4.98 Å². The Bertz CT molecular complexity index is 2470. The highest BCUT2D eigenvalue weighted by molar-refractivity contribution is 6.22. The lowest BCUT2D eigenvalue weighted by Gasteiger charge is -2.09. The number of nitrogens with one attached hydrogen (secondary N) is 1. The van der Waals surface area contributed by atoms with Gasteiger partial charge in [-0.3, -0.25) is 0 Å². The lowest BCUT2D eigenvalue weighted by Crippen LogP contribution is -1.85. The van der Waals surface area contributed by atoms with Crippen molar-refractivity contribution < 1.29 is 4.42 Å². The Labute approximate surface area is 242 Å². The number of rotatable bonds is 3. The smallest absolute Gasteiger partial charge is 0.135 e. The van der Waals surface area contributed by atoms with E-state index >= 15 is 0 Å². The number of aromatic amines is 1. The molecular formula is C40H25NO. The van der Waals surface area contributed by atoms with E-state index in [2.05, 4.69) is 138 Å². The van der Waals surface area contributed by atoms with E-state index in [0.717, 1.165) is 21.9 Å². The number of hydrogen-bond acceptors (Lipinski definition) is 1. The second-order valence-corrected chi connectivity index (χ2v) is 11.0. The van der Waals surface area contributed by atoms with Gasteiger partial charge in [0.25, 0.3) is 0 Å². The molecule has 0 radical (unpaired) electrons. The summed E-state index contributed by atoms with van der Waals surface area (Å²) in [5.41, 5.74) is 11.4. The van der Waals surface area contributed by atoms with Gasteiger partial charge in [0, 0.05) is 32.6 Å². The van der Waals surface area contributed by atoms with E-state index in [4.69, 9.17) is 4.42 Å². The second-order valence-electron chi connectivity index (χ2n) is 11.0. The fourth-order valence-corrected chi connectivity index (χ4v) is 6.59. The molecule has 0 spiro atoms. The SMILES string of the molecule is c1cc(-c2cccc(-c3cccc4c3[nH]c3ccc5ccccc5c34)c2)cc(-c2ccc3oc4ccccc4c3c2)c1. The summed E-state index contributed by atoms with van der Waals surface area (Å²) in [6.07, 6.45) is 0. The Hall–Kier alpha value is -5.60. The molecule has 196 valence electrons. The van der Waals surface area contributed by atoms with Crippen LogP contribution >= 0.6 is 0 Å². The number of H-pyrrole nitrogens is 1. The van der Waals surface area contributed by atoms with Gasteiger partial charge in [-0.15, -0.1) is 0 Å². The van der Waals surface area contributed by atoms with Crippen LogP contribution in [0.1, 0.15) is 0 Å². The quantitative estimate of drug-likeness (QED) is 0.239. The summed E-state index contributed by atoms with van der Waals surface area (Å²) < 4.78 is 6.06. The Balaban J connectivity index is 1.15. The lowest BCUT2D eigenvalue weighted by atomic mass is 9.95. The van der Waals surface area contributed by atoms with Crippen LogP contribution in [0, 0.1) is 0 Å². The molecule has 0 bridgehead atoms. The summed E-state index contributed by atoms with van der Waals surface area (Å²) in [4.78, 5) is 3.74. The molecule has 9 rings (SSSR count). The highest BCUT2D eigenvalue weighted by atomic mass is 16.3. The summed E-state index contributed by atoms with van der Waals surface area (Å²) >= 11 is 0. The van der Waals surface area contributed by atoms with E-state index in [1.165, 1.54) is 66.0 Å². The molecule has 0 saturated carbocycles. The van der Waals surface area contributed by atoms with Crippen molar-refractivity contribution in [1.29, 1.82) is 0 Å². The summed E-state index contributed by atoms with van der Waals surface area (Å²) in [7, 11) is 0. The fourth-order valence-electron chi connectivity index (χ4n) is 6.59. The third-order valence-electron chi connectivity index (χ3n) is 8.60. The van der Waals surface area contributed by atoms with Crippen molar-refractivity contribution in [3.05, 3.63) is 146 Å². The minimum absolute atomic E-state index is 0.919. The van der Waals surface area contributed by atoms with E-state index < -0.39 is 0 Å². The maximum Gasteiger partial charge on any atom is 0.135 e. The molecule has 1 N–H and O–H groups in total. The van der Waals surface area contributed by atoms with Crippen molar-refractivity contribution in [2.45, 2.75) is 0 Å². The normalized spacial score (nSPS) is 11.8. The average molecular weight is 536 g/mol. The number of benzene rings is 7. The molecule has 0 amide bonds. The van der Waals surface area contributed by atoms with Crippen molar-refractivity contribution in [2.24, 2.45) is 0 Å². The van der Waals surface area contributed by atoms with E-state index in [1.54, 1.807) is 0 Å². The highest BCUT2D eigenvalue weighted by Gasteiger charge is 2.13. The van der Waals surface area contributed by atoms with Gasteiger partial charge < -0.3 is 9.40 Å². The predicted molar refractivity (Wildman–Crippen MR) is 177 cm³/mol. The van der Waals surface area contributed by atoms with Crippen molar-refractivity contribution in [2.75, 3.05) is 0 Å². The largest absolute Gasteiger partial charge is 0.456 e. The maximum atomic E-state index is 6.06. The Morgan fingerprint density at radius 3 is 1.90 bits per heavy atom. The van der Waals surface area contributed by atoms with Gasteiger partial charge in [0.2, 0.25) is 0 Å². The van der Waals surface area contributed by atoms with E-state index in [9.17, 15) is 0 Å². The lowest BCUT2D eigenvalue weighted by molar-refractivity contribution is 0.669. The van der Waals surface area contributed by atoms with E-state index in [1.807, 2.05) is 12.1 Å². The fraction of sp³-hybridized carbons (Fsp3) is 0. The zero-order valence-electron chi connectivity index (χ0n) is 22.8. The van der Waals surface area contributed by atoms with Crippen molar-refractivity contribution in [3.63, 3.8) is 0 Å². The van der Waals surface area contributed by atoms with Crippen molar-refractivity contribution in [1.82, 2.24) is 4.98 Å². The summed E-state index contributed by atoms with van der Waals surface area (Å²) in [5.74, 6) is 0. The second kappa shape index (κ2) is 8.95. The van der Waals surface area contributed by atoms with Gasteiger partial charge in [-0.2, -0.15) is 0 Å². The molecule has 0 aliphatic carbocycles. The van der Waals surface area contributed by atoms with Crippen LogP contribution in [0.15, 0.2) is 150 Å². The van der Waals surface area contributed by atoms with Crippen molar-refractivity contribution >= 4 is 54.5 Å². The van der Waals surface area contributed by atoms with E-state index in [-0.39, 0.29) is 0 Å². The molecule has 0 saturated heterocycles. The molecule has 9 aromatic rings.